The minimum absolute atomic E-state index is 0.200. The Bertz CT molecular complexity index is 990. The van der Waals surface area contributed by atoms with E-state index >= 15 is 0 Å². The number of carbonyl (C=O) groups excluding carboxylic acids is 2. The van der Waals surface area contributed by atoms with Crippen LogP contribution in [0.4, 0.5) is 0 Å². The summed E-state index contributed by atoms with van der Waals surface area (Å²) in [6.07, 6.45) is 0. The van der Waals surface area contributed by atoms with Crippen molar-refractivity contribution >= 4 is 11.8 Å². The first-order valence-corrected chi connectivity index (χ1v) is 9.23. The van der Waals surface area contributed by atoms with Gasteiger partial charge in [-0.3, -0.25) is 9.59 Å². The number of ether oxygens (including phenoxy) is 1. The molecule has 0 aliphatic carbocycles. The van der Waals surface area contributed by atoms with Crippen LogP contribution in [0.5, 0.6) is 5.75 Å². The fourth-order valence-corrected chi connectivity index (χ4v) is 2.97. The Hall–Kier alpha value is -3.61. The molecule has 0 saturated heterocycles. The van der Waals surface area contributed by atoms with Gasteiger partial charge in [0.15, 0.2) is 0 Å². The highest BCUT2D eigenvalue weighted by atomic mass is 16.5. The lowest BCUT2D eigenvalue weighted by Crippen LogP contribution is -2.35. The summed E-state index contributed by atoms with van der Waals surface area (Å²) in [5, 5.41) is 9.30. The van der Waals surface area contributed by atoms with Crippen LogP contribution >= 0.6 is 0 Å². The molecule has 0 aliphatic heterocycles. The van der Waals surface area contributed by atoms with E-state index in [1.54, 1.807) is 33.1 Å². The average Bonchev–Trinajstić information content (AvgIpc) is 3.09. The first kappa shape index (κ1) is 20.1. The molecule has 2 aromatic carbocycles. The van der Waals surface area contributed by atoms with Crippen molar-refractivity contribution in [1.29, 1.82) is 0 Å². The molecule has 7 nitrogen and oxygen atoms in total. The fourth-order valence-electron chi connectivity index (χ4n) is 2.97. The van der Waals surface area contributed by atoms with Gasteiger partial charge in [-0.15, -0.1) is 0 Å². The Kier molecular flexibility index (Phi) is 6.29. The minimum atomic E-state index is -0.266. The zero-order chi connectivity index (χ0) is 20.8. The molecule has 0 unspecified atom stereocenters. The van der Waals surface area contributed by atoms with Gasteiger partial charge in [0, 0.05) is 18.7 Å². The number of hydrogen-bond acceptors (Lipinski definition) is 5. The molecule has 2 amide bonds. The first-order chi connectivity index (χ1) is 14.0. The Morgan fingerprint density at radius 3 is 2.28 bits per heavy atom. The predicted molar refractivity (Wildman–Crippen MR) is 109 cm³/mol. The highest BCUT2D eigenvalue weighted by Gasteiger charge is 2.16. The number of rotatable bonds is 7. The number of carbonyl (C=O) groups is 2. The first-order valence-electron chi connectivity index (χ1n) is 9.23. The van der Waals surface area contributed by atoms with Crippen molar-refractivity contribution < 1.29 is 18.8 Å². The second-order valence-electron chi connectivity index (χ2n) is 6.52. The van der Waals surface area contributed by atoms with E-state index in [1.165, 1.54) is 0 Å². The Labute approximate surface area is 169 Å². The SMILES string of the molecule is COc1cccc(-c2ccc(C(=O)NCCNC(=O)c3c(C)noc3C)cc2)c1. The molecule has 0 spiro atoms. The van der Waals surface area contributed by atoms with Crippen LogP contribution in [0.2, 0.25) is 0 Å². The molecule has 7 heteroatoms. The summed E-state index contributed by atoms with van der Waals surface area (Å²) in [4.78, 5) is 24.5. The molecular weight excluding hydrogens is 370 g/mol. The molecule has 3 rings (SSSR count). The van der Waals surface area contributed by atoms with Crippen LogP contribution in [-0.2, 0) is 0 Å². The highest BCUT2D eigenvalue weighted by Crippen LogP contribution is 2.24. The van der Waals surface area contributed by atoms with Gasteiger partial charge in [0.05, 0.1) is 12.8 Å². The summed E-state index contributed by atoms with van der Waals surface area (Å²) in [5.41, 5.74) is 3.53. The summed E-state index contributed by atoms with van der Waals surface area (Å²) in [5.74, 6) is 0.787. The highest BCUT2D eigenvalue weighted by molar-refractivity contribution is 5.96. The number of benzene rings is 2. The van der Waals surface area contributed by atoms with E-state index in [9.17, 15) is 9.59 Å². The molecule has 1 heterocycles. The Balaban J connectivity index is 1.51. The smallest absolute Gasteiger partial charge is 0.256 e. The number of nitrogens with one attached hydrogen (secondary N) is 2. The number of aromatic nitrogens is 1. The van der Waals surface area contributed by atoms with Gasteiger partial charge >= 0.3 is 0 Å². The molecule has 0 aliphatic rings. The molecule has 0 saturated carbocycles. The molecule has 150 valence electrons. The third-order valence-electron chi connectivity index (χ3n) is 4.51. The molecule has 2 N–H and O–H groups in total. The maximum absolute atomic E-state index is 12.3. The van der Waals surface area contributed by atoms with E-state index in [2.05, 4.69) is 15.8 Å². The molecule has 1 aromatic heterocycles. The molecule has 0 radical (unpaired) electrons. The van der Waals surface area contributed by atoms with Gasteiger partial charge in [-0.1, -0.05) is 29.4 Å². The van der Waals surface area contributed by atoms with Crippen LogP contribution in [0.1, 0.15) is 32.2 Å². The number of amides is 2. The maximum Gasteiger partial charge on any atom is 0.256 e. The maximum atomic E-state index is 12.3. The van der Waals surface area contributed by atoms with Crippen LogP contribution < -0.4 is 15.4 Å². The number of methoxy groups -OCH3 is 1. The standard InChI is InChI=1S/C22H23N3O4/c1-14-20(15(2)29-25-14)22(27)24-12-11-23-21(26)17-9-7-16(8-10-17)18-5-4-6-19(13-18)28-3/h4-10,13H,11-12H2,1-3H3,(H,23,26)(H,24,27). The lowest BCUT2D eigenvalue weighted by atomic mass is 10.0. The Morgan fingerprint density at radius 1 is 0.966 bits per heavy atom. The molecule has 3 aromatic rings. The fraction of sp³-hybridized carbons (Fsp3) is 0.227. The van der Waals surface area contributed by atoms with E-state index < -0.39 is 0 Å². The molecule has 0 bridgehead atoms. The summed E-state index contributed by atoms with van der Waals surface area (Å²) in [7, 11) is 1.63. The number of hydrogen-bond donors (Lipinski definition) is 2. The normalized spacial score (nSPS) is 10.4. The molecular formula is C22H23N3O4. The minimum Gasteiger partial charge on any atom is -0.497 e. The van der Waals surface area contributed by atoms with Gasteiger partial charge in [-0.2, -0.15) is 0 Å². The van der Waals surface area contributed by atoms with Gasteiger partial charge in [0.25, 0.3) is 11.8 Å². The van der Waals surface area contributed by atoms with Gasteiger partial charge < -0.3 is 19.9 Å². The van der Waals surface area contributed by atoms with Crippen molar-refractivity contribution in [3.05, 3.63) is 71.1 Å². The average molecular weight is 393 g/mol. The van der Waals surface area contributed by atoms with Crippen LogP contribution in [0, 0.1) is 13.8 Å². The predicted octanol–water partition coefficient (Wildman–Crippen LogP) is 3.13. The molecule has 29 heavy (non-hydrogen) atoms. The van der Waals surface area contributed by atoms with Crippen molar-refractivity contribution in [1.82, 2.24) is 15.8 Å². The topological polar surface area (TPSA) is 93.5 Å². The van der Waals surface area contributed by atoms with Crippen LogP contribution in [-0.4, -0.2) is 37.2 Å². The van der Waals surface area contributed by atoms with E-state index in [4.69, 9.17) is 9.26 Å². The Morgan fingerprint density at radius 2 is 1.66 bits per heavy atom. The van der Waals surface area contributed by atoms with Crippen molar-refractivity contribution in [2.45, 2.75) is 13.8 Å². The van der Waals surface area contributed by atoms with Crippen LogP contribution in [0.3, 0.4) is 0 Å². The van der Waals surface area contributed by atoms with E-state index in [0.29, 0.717) is 35.7 Å². The largest absolute Gasteiger partial charge is 0.497 e. The summed E-state index contributed by atoms with van der Waals surface area (Å²) in [6.45, 7) is 4.01. The van der Waals surface area contributed by atoms with E-state index in [0.717, 1.165) is 16.9 Å². The zero-order valence-electron chi connectivity index (χ0n) is 16.6. The second kappa shape index (κ2) is 9.05. The second-order valence-corrected chi connectivity index (χ2v) is 6.52. The lowest BCUT2D eigenvalue weighted by molar-refractivity contribution is 0.0926. The van der Waals surface area contributed by atoms with Gasteiger partial charge in [-0.25, -0.2) is 0 Å². The summed E-state index contributed by atoms with van der Waals surface area (Å²) < 4.78 is 10.2. The van der Waals surface area contributed by atoms with Gasteiger partial charge in [0.2, 0.25) is 0 Å². The molecule has 0 fully saturated rings. The number of nitrogens with zero attached hydrogens (tertiary/aromatic N) is 1. The van der Waals surface area contributed by atoms with Crippen LogP contribution in [0.25, 0.3) is 11.1 Å². The van der Waals surface area contributed by atoms with E-state index in [1.807, 2.05) is 36.4 Å². The lowest BCUT2D eigenvalue weighted by Gasteiger charge is -2.08. The third kappa shape index (κ3) is 4.82. The van der Waals surface area contributed by atoms with Crippen molar-refractivity contribution in [2.24, 2.45) is 0 Å². The van der Waals surface area contributed by atoms with Crippen molar-refractivity contribution in [2.75, 3.05) is 20.2 Å². The van der Waals surface area contributed by atoms with Gasteiger partial charge in [0.1, 0.15) is 17.1 Å². The molecule has 0 atom stereocenters. The van der Waals surface area contributed by atoms with Crippen molar-refractivity contribution in [3.8, 4) is 16.9 Å². The van der Waals surface area contributed by atoms with E-state index in [-0.39, 0.29) is 11.8 Å². The zero-order valence-corrected chi connectivity index (χ0v) is 16.6. The number of aryl methyl sites for hydroxylation is 2. The summed E-state index contributed by atoms with van der Waals surface area (Å²) in [6, 6.07) is 15.1. The quantitative estimate of drug-likeness (QED) is 0.602. The van der Waals surface area contributed by atoms with Gasteiger partial charge in [-0.05, 0) is 49.2 Å². The monoisotopic (exact) mass is 393 g/mol. The third-order valence-corrected chi connectivity index (χ3v) is 4.51. The summed E-state index contributed by atoms with van der Waals surface area (Å²) >= 11 is 0. The van der Waals surface area contributed by atoms with Crippen molar-refractivity contribution in [3.63, 3.8) is 0 Å². The van der Waals surface area contributed by atoms with Crippen LogP contribution in [0.15, 0.2) is 53.1 Å².